The molecule has 2 heterocycles. The fourth-order valence-electron chi connectivity index (χ4n) is 1.38. The molecule has 0 unspecified atom stereocenters. The molecule has 0 amide bonds. The summed E-state index contributed by atoms with van der Waals surface area (Å²) in [4.78, 5) is 22.3. The van der Waals surface area contributed by atoms with Gasteiger partial charge in [-0.1, -0.05) is 6.07 Å². The smallest absolute Gasteiger partial charge is 0.255 e. The van der Waals surface area contributed by atoms with E-state index in [9.17, 15) is 4.79 Å². The predicted octanol–water partition coefficient (Wildman–Crippen LogP) is 0.646. The van der Waals surface area contributed by atoms with Crippen molar-refractivity contribution < 1.29 is 0 Å². The maximum atomic E-state index is 11.5. The fourth-order valence-corrected chi connectivity index (χ4v) is 1.38. The van der Waals surface area contributed by atoms with Gasteiger partial charge in [0.2, 0.25) is 0 Å². The second kappa shape index (κ2) is 4.14. The zero-order valence-electron chi connectivity index (χ0n) is 8.90. The molecule has 0 aliphatic heterocycles. The van der Waals surface area contributed by atoms with Crippen LogP contribution in [0.5, 0.6) is 0 Å². The van der Waals surface area contributed by atoms with Crippen LogP contribution in [-0.4, -0.2) is 15.0 Å². The first-order valence-electron chi connectivity index (χ1n) is 4.91. The van der Waals surface area contributed by atoms with Gasteiger partial charge in [0.1, 0.15) is 11.6 Å². The monoisotopic (exact) mass is 216 g/mol. The highest BCUT2D eigenvalue weighted by Gasteiger charge is 2.04. The van der Waals surface area contributed by atoms with Crippen LogP contribution in [0.4, 0.5) is 5.82 Å². The molecule has 3 N–H and O–H groups in total. The maximum Gasteiger partial charge on any atom is 0.255 e. The number of nitrogens with two attached hydrogens (primary N) is 1. The molecule has 0 saturated heterocycles. The molecule has 0 radical (unpaired) electrons. The van der Waals surface area contributed by atoms with Crippen LogP contribution >= 0.6 is 0 Å². The van der Waals surface area contributed by atoms with Crippen molar-refractivity contribution in [2.45, 2.75) is 13.3 Å². The molecule has 0 fully saturated rings. The standard InChI is InChI=1S/C11H12N4O/c1-7-10(12)14-9(15-11(7)16)5-8-3-2-4-13-6-8/h2-4,6H,5H2,1H3,(H3,12,14,15,16). The van der Waals surface area contributed by atoms with Crippen molar-refractivity contribution in [3.63, 3.8) is 0 Å². The third kappa shape index (κ3) is 2.08. The summed E-state index contributed by atoms with van der Waals surface area (Å²) in [6.45, 7) is 1.65. The van der Waals surface area contributed by atoms with Gasteiger partial charge < -0.3 is 10.7 Å². The quantitative estimate of drug-likeness (QED) is 0.771. The Morgan fingerprint density at radius 3 is 2.94 bits per heavy atom. The van der Waals surface area contributed by atoms with Gasteiger partial charge in [-0.3, -0.25) is 9.78 Å². The number of nitrogen functional groups attached to an aromatic ring is 1. The van der Waals surface area contributed by atoms with Crippen molar-refractivity contribution in [1.29, 1.82) is 0 Å². The number of pyridine rings is 1. The van der Waals surface area contributed by atoms with E-state index in [-0.39, 0.29) is 11.4 Å². The van der Waals surface area contributed by atoms with E-state index in [0.29, 0.717) is 17.8 Å². The molecule has 0 aromatic carbocycles. The summed E-state index contributed by atoms with van der Waals surface area (Å²) in [5.74, 6) is 0.837. The summed E-state index contributed by atoms with van der Waals surface area (Å²) < 4.78 is 0. The van der Waals surface area contributed by atoms with E-state index in [1.807, 2.05) is 12.1 Å². The minimum atomic E-state index is -0.189. The van der Waals surface area contributed by atoms with Gasteiger partial charge in [0.15, 0.2) is 0 Å². The molecule has 0 aliphatic rings. The van der Waals surface area contributed by atoms with Crippen LogP contribution in [0.1, 0.15) is 17.0 Å². The Balaban J connectivity index is 2.33. The number of rotatable bonds is 2. The Morgan fingerprint density at radius 2 is 2.31 bits per heavy atom. The van der Waals surface area contributed by atoms with Crippen LogP contribution in [0.25, 0.3) is 0 Å². The number of aromatic amines is 1. The summed E-state index contributed by atoms with van der Waals surface area (Å²) in [6.07, 6.45) is 3.95. The largest absolute Gasteiger partial charge is 0.383 e. The molecular weight excluding hydrogens is 204 g/mol. The average molecular weight is 216 g/mol. The average Bonchev–Trinajstić information content (AvgIpc) is 2.27. The topological polar surface area (TPSA) is 84.7 Å². The Bertz CT molecular complexity index is 548. The molecule has 2 aromatic rings. The lowest BCUT2D eigenvalue weighted by Gasteiger charge is -2.03. The molecular formula is C11H12N4O. The van der Waals surface area contributed by atoms with E-state index in [4.69, 9.17) is 5.73 Å². The fraction of sp³-hybridized carbons (Fsp3) is 0.182. The summed E-state index contributed by atoms with van der Waals surface area (Å²) in [6, 6.07) is 3.76. The second-order valence-corrected chi connectivity index (χ2v) is 3.56. The van der Waals surface area contributed by atoms with E-state index in [0.717, 1.165) is 5.56 Å². The molecule has 0 aliphatic carbocycles. The molecule has 0 atom stereocenters. The van der Waals surface area contributed by atoms with Gasteiger partial charge in [0, 0.05) is 18.8 Å². The first-order chi connectivity index (χ1) is 7.66. The number of nitrogens with zero attached hydrogens (tertiary/aromatic N) is 2. The molecule has 5 nitrogen and oxygen atoms in total. The highest BCUT2D eigenvalue weighted by atomic mass is 16.1. The minimum absolute atomic E-state index is 0.189. The Kier molecular flexibility index (Phi) is 2.68. The van der Waals surface area contributed by atoms with Gasteiger partial charge in [-0.05, 0) is 18.6 Å². The Labute approximate surface area is 92.4 Å². The van der Waals surface area contributed by atoms with E-state index >= 15 is 0 Å². The van der Waals surface area contributed by atoms with Crippen LogP contribution in [0.2, 0.25) is 0 Å². The molecule has 5 heteroatoms. The molecule has 82 valence electrons. The number of hydrogen-bond donors (Lipinski definition) is 2. The highest BCUT2D eigenvalue weighted by molar-refractivity contribution is 5.36. The Morgan fingerprint density at radius 1 is 1.50 bits per heavy atom. The van der Waals surface area contributed by atoms with E-state index < -0.39 is 0 Å². The van der Waals surface area contributed by atoms with Crippen LogP contribution in [0.3, 0.4) is 0 Å². The normalized spacial score (nSPS) is 10.3. The molecule has 0 saturated carbocycles. The lowest BCUT2D eigenvalue weighted by molar-refractivity contribution is 0.933. The molecule has 2 rings (SSSR count). The third-order valence-electron chi connectivity index (χ3n) is 2.33. The van der Waals surface area contributed by atoms with Crippen LogP contribution in [0.15, 0.2) is 29.3 Å². The van der Waals surface area contributed by atoms with Crippen molar-refractivity contribution in [1.82, 2.24) is 15.0 Å². The number of anilines is 1. The van der Waals surface area contributed by atoms with E-state index in [1.165, 1.54) is 0 Å². The zero-order valence-corrected chi connectivity index (χ0v) is 8.90. The third-order valence-corrected chi connectivity index (χ3v) is 2.33. The lowest BCUT2D eigenvalue weighted by Crippen LogP contribution is -2.17. The number of H-pyrrole nitrogens is 1. The van der Waals surface area contributed by atoms with Gasteiger partial charge in [0.05, 0.1) is 5.56 Å². The van der Waals surface area contributed by atoms with Crippen molar-refractivity contribution in [2.75, 3.05) is 5.73 Å². The number of aromatic nitrogens is 3. The second-order valence-electron chi connectivity index (χ2n) is 3.56. The molecule has 2 aromatic heterocycles. The van der Waals surface area contributed by atoms with Crippen molar-refractivity contribution >= 4 is 5.82 Å². The first-order valence-corrected chi connectivity index (χ1v) is 4.91. The predicted molar refractivity (Wildman–Crippen MR) is 61.1 cm³/mol. The molecule has 0 spiro atoms. The van der Waals surface area contributed by atoms with Gasteiger partial charge in [-0.25, -0.2) is 4.98 Å². The lowest BCUT2D eigenvalue weighted by atomic mass is 10.2. The summed E-state index contributed by atoms with van der Waals surface area (Å²) in [7, 11) is 0. The van der Waals surface area contributed by atoms with Gasteiger partial charge in [-0.2, -0.15) is 0 Å². The van der Waals surface area contributed by atoms with Gasteiger partial charge in [-0.15, -0.1) is 0 Å². The van der Waals surface area contributed by atoms with Crippen molar-refractivity contribution in [3.05, 3.63) is 51.8 Å². The Hall–Kier alpha value is -2.17. The summed E-state index contributed by atoms with van der Waals surface area (Å²) in [5, 5.41) is 0. The minimum Gasteiger partial charge on any atom is -0.383 e. The van der Waals surface area contributed by atoms with Crippen LogP contribution < -0.4 is 11.3 Å². The molecule has 0 bridgehead atoms. The molecule has 16 heavy (non-hydrogen) atoms. The summed E-state index contributed by atoms with van der Waals surface area (Å²) >= 11 is 0. The number of nitrogens with one attached hydrogen (secondary N) is 1. The zero-order chi connectivity index (χ0) is 11.5. The van der Waals surface area contributed by atoms with Crippen molar-refractivity contribution in [2.24, 2.45) is 0 Å². The van der Waals surface area contributed by atoms with E-state index in [1.54, 1.807) is 19.3 Å². The number of hydrogen-bond acceptors (Lipinski definition) is 4. The van der Waals surface area contributed by atoms with Gasteiger partial charge in [0.25, 0.3) is 5.56 Å². The highest BCUT2D eigenvalue weighted by Crippen LogP contribution is 2.05. The van der Waals surface area contributed by atoms with Crippen LogP contribution in [-0.2, 0) is 6.42 Å². The van der Waals surface area contributed by atoms with Gasteiger partial charge >= 0.3 is 0 Å². The maximum absolute atomic E-state index is 11.5. The van der Waals surface area contributed by atoms with Crippen LogP contribution in [0, 0.1) is 6.92 Å². The summed E-state index contributed by atoms with van der Waals surface area (Å²) in [5.41, 5.74) is 6.87. The first kappa shape index (κ1) is 10.4. The SMILES string of the molecule is Cc1c(N)nc(Cc2cccnc2)[nH]c1=O. The van der Waals surface area contributed by atoms with E-state index in [2.05, 4.69) is 15.0 Å². The van der Waals surface area contributed by atoms with Crippen molar-refractivity contribution in [3.8, 4) is 0 Å².